The summed E-state index contributed by atoms with van der Waals surface area (Å²) < 4.78 is 6.58. The van der Waals surface area contributed by atoms with E-state index in [4.69, 9.17) is 4.42 Å². The van der Waals surface area contributed by atoms with Crippen LogP contribution in [0, 0.1) is 0 Å². The summed E-state index contributed by atoms with van der Waals surface area (Å²) in [6, 6.07) is 7.34. The van der Waals surface area contributed by atoms with Crippen LogP contribution >= 0.6 is 15.9 Å². The van der Waals surface area contributed by atoms with Crippen LogP contribution in [-0.4, -0.2) is 23.6 Å². The van der Waals surface area contributed by atoms with E-state index in [9.17, 15) is 9.59 Å². The number of fused-ring (bicyclic) bond motifs is 1. The van der Waals surface area contributed by atoms with Crippen LogP contribution in [0.2, 0.25) is 0 Å². The van der Waals surface area contributed by atoms with Gasteiger partial charge in [-0.2, -0.15) is 5.10 Å². The van der Waals surface area contributed by atoms with E-state index in [2.05, 4.69) is 31.8 Å². The Bertz CT molecular complexity index is 750. The zero-order valence-corrected chi connectivity index (χ0v) is 14.0. The second-order valence-electron chi connectivity index (χ2n) is 5.06. The van der Waals surface area contributed by atoms with Gasteiger partial charge in [0.15, 0.2) is 5.76 Å². The second kappa shape index (κ2) is 6.74. The Labute approximate surface area is 136 Å². The van der Waals surface area contributed by atoms with Crippen LogP contribution in [0.3, 0.4) is 0 Å². The van der Waals surface area contributed by atoms with Gasteiger partial charge in [-0.05, 0) is 45.0 Å². The third-order valence-electron chi connectivity index (χ3n) is 2.79. The molecule has 0 radical (unpaired) electrons. The van der Waals surface area contributed by atoms with E-state index in [1.165, 1.54) is 0 Å². The van der Waals surface area contributed by atoms with Gasteiger partial charge in [-0.25, -0.2) is 5.43 Å². The van der Waals surface area contributed by atoms with Crippen molar-refractivity contribution >= 4 is 44.4 Å². The highest BCUT2D eigenvalue weighted by Gasteiger charge is 2.14. The molecule has 0 aliphatic heterocycles. The average molecular weight is 366 g/mol. The highest BCUT2D eigenvalue weighted by molar-refractivity contribution is 9.10. The Kier molecular flexibility index (Phi) is 4.97. The van der Waals surface area contributed by atoms with Crippen LogP contribution in [0.4, 0.5) is 0 Å². The summed E-state index contributed by atoms with van der Waals surface area (Å²) in [5.41, 5.74) is 3.40. The molecule has 1 aromatic carbocycles. The summed E-state index contributed by atoms with van der Waals surface area (Å²) in [6.07, 6.45) is 0. The van der Waals surface area contributed by atoms with E-state index in [0.29, 0.717) is 11.5 Å². The molecule has 22 heavy (non-hydrogen) atoms. The van der Waals surface area contributed by atoms with Crippen LogP contribution in [0.5, 0.6) is 0 Å². The number of benzene rings is 1. The highest BCUT2D eigenvalue weighted by atomic mass is 79.9. The third kappa shape index (κ3) is 3.94. The molecule has 0 atom stereocenters. The van der Waals surface area contributed by atoms with Crippen molar-refractivity contribution in [1.82, 2.24) is 10.7 Å². The Hall–Kier alpha value is -2.15. The Balaban J connectivity index is 2.10. The molecule has 116 valence electrons. The van der Waals surface area contributed by atoms with Gasteiger partial charge in [0.2, 0.25) is 0 Å². The lowest BCUT2D eigenvalue weighted by molar-refractivity contribution is -0.139. The third-order valence-corrected chi connectivity index (χ3v) is 3.28. The molecule has 0 spiro atoms. The first-order valence-electron chi connectivity index (χ1n) is 6.71. The van der Waals surface area contributed by atoms with Crippen molar-refractivity contribution in [2.24, 2.45) is 5.10 Å². The van der Waals surface area contributed by atoms with Gasteiger partial charge in [0, 0.05) is 15.9 Å². The van der Waals surface area contributed by atoms with E-state index < -0.39 is 11.8 Å². The predicted octanol–water partition coefficient (Wildman–Crippen LogP) is 2.56. The fourth-order valence-corrected chi connectivity index (χ4v) is 2.14. The molecule has 0 unspecified atom stereocenters. The Morgan fingerprint density at radius 3 is 2.64 bits per heavy atom. The van der Waals surface area contributed by atoms with E-state index in [-0.39, 0.29) is 6.04 Å². The minimum absolute atomic E-state index is 0.114. The average Bonchev–Trinajstić information content (AvgIpc) is 2.86. The zero-order chi connectivity index (χ0) is 16.3. The Morgan fingerprint density at radius 2 is 1.95 bits per heavy atom. The number of rotatable bonds is 3. The minimum Gasteiger partial charge on any atom is -0.455 e. The number of hydrogen-bond acceptors (Lipinski definition) is 4. The highest BCUT2D eigenvalue weighted by Crippen LogP contribution is 2.23. The maximum absolute atomic E-state index is 11.6. The molecule has 6 nitrogen and oxygen atoms in total. The molecular formula is C15H16BrN3O3. The Morgan fingerprint density at radius 1 is 1.23 bits per heavy atom. The second-order valence-corrected chi connectivity index (χ2v) is 5.97. The van der Waals surface area contributed by atoms with E-state index in [0.717, 1.165) is 15.4 Å². The smallest absolute Gasteiger partial charge is 0.329 e. The number of nitrogens with zero attached hydrogens (tertiary/aromatic N) is 1. The van der Waals surface area contributed by atoms with Crippen molar-refractivity contribution in [3.8, 4) is 0 Å². The zero-order valence-electron chi connectivity index (χ0n) is 12.4. The number of hydrogen-bond donors (Lipinski definition) is 2. The van der Waals surface area contributed by atoms with Crippen molar-refractivity contribution in [1.29, 1.82) is 0 Å². The van der Waals surface area contributed by atoms with E-state index in [1.807, 2.05) is 24.3 Å². The van der Waals surface area contributed by atoms with Crippen molar-refractivity contribution in [3.05, 3.63) is 34.5 Å². The molecule has 0 saturated heterocycles. The molecule has 0 fully saturated rings. The van der Waals surface area contributed by atoms with E-state index >= 15 is 0 Å². The molecule has 0 bridgehead atoms. The van der Waals surface area contributed by atoms with Gasteiger partial charge in [-0.1, -0.05) is 15.9 Å². The first-order valence-corrected chi connectivity index (χ1v) is 7.50. The summed E-state index contributed by atoms with van der Waals surface area (Å²) >= 11 is 3.39. The molecule has 0 saturated carbocycles. The maximum Gasteiger partial charge on any atom is 0.329 e. The van der Waals surface area contributed by atoms with Crippen molar-refractivity contribution in [2.45, 2.75) is 26.8 Å². The molecule has 2 amide bonds. The summed E-state index contributed by atoms with van der Waals surface area (Å²) in [7, 11) is 0. The quantitative estimate of drug-likeness (QED) is 0.498. The van der Waals surface area contributed by atoms with Gasteiger partial charge in [0.25, 0.3) is 0 Å². The molecule has 1 aromatic heterocycles. The number of hydrazone groups is 1. The molecule has 1 heterocycles. The van der Waals surface area contributed by atoms with Crippen LogP contribution < -0.4 is 10.7 Å². The summed E-state index contributed by atoms with van der Waals surface area (Å²) in [6.45, 7) is 5.23. The monoisotopic (exact) mass is 365 g/mol. The molecule has 0 aliphatic rings. The number of furan rings is 1. The lowest BCUT2D eigenvalue weighted by atomic mass is 10.2. The molecule has 2 N–H and O–H groups in total. The molecule has 7 heteroatoms. The standard InChI is InChI=1S/C15H16BrN3O3/c1-8(2)17-14(20)15(21)19-18-9(3)13-7-10-6-11(16)4-5-12(10)22-13/h4-8H,1-3H3,(H,17,20)(H,19,21)/b18-9-. The lowest BCUT2D eigenvalue weighted by Gasteiger charge is -2.06. The number of halogens is 1. The van der Waals surface area contributed by atoms with Gasteiger partial charge in [-0.15, -0.1) is 0 Å². The van der Waals surface area contributed by atoms with Crippen LogP contribution in [-0.2, 0) is 9.59 Å². The van der Waals surface area contributed by atoms with Gasteiger partial charge < -0.3 is 9.73 Å². The fraction of sp³-hybridized carbons (Fsp3) is 0.267. The van der Waals surface area contributed by atoms with Crippen molar-refractivity contribution in [2.75, 3.05) is 0 Å². The number of nitrogens with one attached hydrogen (secondary N) is 2. The van der Waals surface area contributed by atoms with Crippen LogP contribution in [0.25, 0.3) is 11.0 Å². The summed E-state index contributed by atoms with van der Waals surface area (Å²) in [4.78, 5) is 23.0. The van der Waals surface area contributed by atoms with Gasteiger partial charge in [0.05, 0.1) is 0 Å². The minimum atomic E-state index is -0.813. The number of carbonyl (C=O) groups excluding carboxylic acids is 2. The first-order chi connectivity index (χ1) is 10.4. The summed E-state index contributed by atoms with van der Waals surface area (Å²) in [5.74, 6) is -1.01. The maximum atomic E-state index is 11.6. The molecule has 0 aliphatic carbocycles. The van der Waals surface area contributed by atoms with Crippen molar-refractivity contribution in [3.63, 3.8) is 0 Å². The first kappa shape index (κ1) is 16.2. The number of amides is 2. The lowest BCUT2D eigenvalue weighted by Crippen LogP contribution is -2.41. The SMILES string of the molecule is C/C(=N/NC(=O)C(=O)NC(C)C)c1cc2cc(Br)ccc2o1. The molecule has 2 aromatic rings. The number of carbonyl (C=O) groups is 2. The van der Waals surface area contributed by atoms with Crippen LogP contribution in [0.15, 0.2) is 38.3 Å². The normalized spacial score (nSPS) is 11.8. The van der Waals surface area contributed by atoms with E-state index in [1.54, 1.807) is 20.8 Å². The van der Waals surface area contributed by atoms with Crippen molar-refractivity contribution < 1.29 is 14.0 Å². The summed E-state index contributed by atoms with van der Waals surface area (Å²) in [5, 5.41) is 7.30. The predicted molar refractivity (Wildman–Crippen MR) is 87.5 cm³/mol. The van der Waals surface area contributed by atoms with Crippen LogP contribution in [0.1, 0.15) is 26.5 Å². The largest absolute Gasteiger partial charge is 0.455 e. The molecular weight excluding hydrogens is 350 g/mol. The van der Waals surface area contributed by atoms with Gasteiger partial charge in [0.1, 0.15) is 11.3 Å². The van der Waals surface area contributed by atoms with Gasteiger partial charge >= 0.3 is 11.8 Å². The fourth-order valence-electron chi connectivity index (χ4n) is 1.76. The molecule has 2 rings (SSSR count). The van der Waals surface area contributed by atoms with Gasteiger partial charge in [-0.3, -0.25) is 9.59 Å². The topological polar surface area (TPSA) is 83.7 Å².